The van der Waals surface area contributed by atoms with Crippen LogP contribution in [0.2, 0.25) is 0 Å². The van der Waals surface area contributed by atoms with E-state index in [0.717, 1.165) is 23.9 Å². The van der Waals surface area contributed by atoms with Gasteiger partial charge in [-0.3, -0.25) is 0 Å². The van der Waals surface area contributed by atoms with Crippen LogP contribution >= 0.6 is 0 Å². The van der Waals surface area contributed by atoms with Gasteiger partial charge in [0.15, 0.2) is 11.6 Å². The van der Waals surface area contributed by atoms with Crippen LogP contribution in [0.1, 0.15) is 12.8 Å². The lowest BCUT2D eigenvalue weighted by Crippen LogP contribution is -2.17. The summed E-state index contributed by atoms with van der Waals surface area (Å²) in [5.41, 5.74) is 7.61. The molecule has 1 heterocycles. The number of benzene rings is 1. The molecule has 0 spiro atoms. The molecule has 1 aromatic heterocycles. The van der Waals surface area contributed by atoms with Crippen molar-refractivity contribution in [3.63, 3.8) is 0 Å². The van der Waals surface area contributed by atoms with Gasteiger partial charge in [-0.25, -0.2) is 9.97 Å². The Morgan fingerprint density at radius 3 is 2.41 bits per heavy atom. The summed E-state index contributed by atoms with van der Waals surface area (Å²) in [6, 6.07) is 8.14. The molecule has 0 radical (unpaired) electrons. The first kappa shape index (κ1) is 10.1. The summed E-state index contributed by atoms with van der Waals surface area (Å²) in [5.74, 6) is 1.16. The van der Waals surface area contributed by atoms with Crippen molar-refractivity contribution in [1.29, 1.82) is 0 Å². The van der Waals surface area contributed by atoms with E-state index in [4.69, 9.17) is 5.73 Å². The Bertz CT molecular complexity index is 569. The molecule has 0 atom stereocenters. The van der Waals surface area contributed by atoms with Gasteiger partial charge in [0.05, 0.1) is 11.0 Å². The van der Waals surface area contributed by atoms with Gasteiger partial charge in [0, 0.05) is 6.04 Å². The van der Waals surface area contributed by atoms with Gasteiger partial charge in [0.1, 0.15) is 0 Å². The van der Waals surface area contributed by atoms with Crippen LogP contribution in [0.15, 0.2) is 36.4 Å². The Balaban J connectivity index is 1.95. The van der Waals surface area contributed by atoms with Crippen molar-refractivity contribution in [2.75, 3.05) is 11.1 Å². The fourth-order valence-corrected chi connectivity index (χ4v) is 2.05. The first-order valence-electron chi connectivity index (χ1n) is 5.77. The molecule has 3 N–H and O–H groups in total. The second kappa shape index (κ2) is 4.05. The van der Waals surface area contributed by atoms with Gasteiger partial charge in [-0.1, -0.05) is 24.3 Å². The maximum atomic E-state index is 5.91. The summed E-state index contributed by atoms with van der Waals surface area (Å²) in [6.07, 6.45) is 6.38. The van der Waals surface area contributed by atoms with E-state index >= 15 is 0 Å². The number of fused-ring (bicyclic) bond motifs is 1. The highest BCUT2D eigenvalue weighted by atomic mass is 15.1. The van der Waals surface area contributed by atoms with Crippen LogP contribution in [-0.2, 0) is 0 Å². The molecular weight excluding hydrogens is 212 g/mol. The van der Waals surface area contributed by atoms with Crippen LogP contribution < -0.4 is 11.1 Å². The van der Waals surface area contributed by atoms with E-state index in [1.54, 1.807) is 0 Å². The van der Waals surface area contributed by atoms with E-state index in [0.29, 0.717) is 17.7 Å². The third kappa shape index (κ3) is 1.93. The minimum Gasteiger partial charge on any atom is -0.381 e. The normalized spacial score (nSPS) is 15.5. The minimum absolute atomic E-state index is 0.396. The third-order valence-corrected chi connectivity index (χ3v) is 2.95. The smallest absolute Gasteiger partial charge is 0.169 e. The molecule has 0 amide bonds. The number of rotatable bonds is 2. The van der Waals surface area contributed by atoms with Crippen LogP contribution in [0.3, 0.4) is 0 Å². The predicted molar refractivity (Wildman–Crippen MR) is 69.7 cm³/mol. The topological polar surface area (TPSA) is 63.8 Å². The summed E-state index contributed by atoms with van der Waals surface area (Å²) in [5, 5.41) is 3.34. The SMILES string of the molecule is Nc1nc2ccccc2nc1NC1CC=CC1. The lowest BCUT2D eigenvalue weighted by molar-refractivity contribution is 0.781. The molecule has 1 aliphatic rings. The highest BCUT2D eigenvalue weighted by Gasteiger charge is 2.13. The second-order valence-electron chi connectivity index (χ2n) is 4.23. The number of aromatic nitrogens is 2. The molecule has 17 heavy (non-hydrogen) atoms. The third-order valence-electron chi connectivity index (χ3n) is 2.95. The minimum atomic E-state index is 0.396. The second-order valence-corrected chi connectivity index (χ2v) is 4.23. The fraction of sp³-hybridized carbons (Fsp3) is 0.231. The average molecular weight is 226 g/mol. The molecule has 3 rings (SSSR count). The van der Waals surface area contributed by atoms with Crippen LogP contribution in [0.4, 0.5) is 11.6 Å². The summed E-state index contributed by atoms with van der Waals surface area (Å²) in [7, 11) is 0. The molecule has 86 valence electrons. The molecule has 0 saturated heterocycles. The van der Waals surface area contributed by atoms with Gasteiger partial charge in [-0.15, -0.1) is 0 Å². The average Bonchev–Trinajstić information content (AvgIpc) is 2.83. The lowest BCUT2D eigenvalue weighted by atomic mass is 10.2. The standard InChI is InChI=1S/C13H14N4/c14-12-13(15-9-5-1-2-6-9)17-11-8-4-3-7-10(11)16-12/h1-4,7-9H,5-6H2,(H2,14,16)(H,15,17). The van der Waals surface area contributed by atoms with E-state index in [-0.39, 0.29) is 0 Å². The van der Waals surface area contributed by atoms with Crippen LogP contribution in [0.5, 0.6) is 0 Å². The zero-order chi connectivity index (χ0) is 11.7. The van der Waals surface area contributed by atoms with Crippen LogP contribution in [-0.4, -0.2) is 16.0 Å². The highest BCUT2D eigenvalue weighted by molar-refractivity contribution is 5.79. The zero-order valence-corrected chi connectivity index (χ0v) is 9.43. The Kier molecular flexibility index (Phi) is 2.40. The number of anilines is 2. The van der Waals surface area contributed by atoms with Crippen molar-refractivity contribution in [1.82, 2.24) is 9.97 Å². The van der Waals surface area contributed by atoms with Crippen molar-refractivity contribution >= 4 is 22.7 Å². The Morgan fingerprint density at radius 2 is 1.71 bits per heavy atom. The Morgan fingerprint density at radius 1 is 1.06 bits per heavy atom. The van der Waals surface area contributed by atoms with Gasteiger partial charge in [0.25, 0.3) is 0 Å². The number of nitrogens with zero attached hydrogens (tertiary/aromatic N) is 2. The van der Waals surface area contributed by atoms with E-state index in [1.807, 2.05) is 24.3 Å². The van der Waals surface area contributed by atoms with Gasteiger partial charge < -0.3 is 11.1 Å². The maximum Gasteiger partial charge on any atom is 0.169 e. The number of hydrogen-bond donors (Lipinski definition) is 2. The van der Waals surface area contributed by atoms with Crippen molar-refractivity contribution in [3.05, 3.63) is 36.4 Å². The van der Waals surface area contributed by atoms with Gasteiger partial charge in [-0.2, -0.15) is 0 Å². The number of nitrogens with one attached hydrogen (secondary N) is 1. The van der Waals surface area contributed by atoms with Crippen molar-refractivity contribution in [2.45, 2.75) is 18.9 Å². The highest BCUT2D eigenvalue weighted by Crippen LogP contribution is 2.22. The van der Waals surface area contributed by atoms with Crippen LogP contribution in [0.25, 0.3) is 11.0 Å². The number of hydrogen-bond acceptors (Lipinski definition) is 4. The summed E-state index contributed by atoms with van der Waals surface area (Å²) in [4.78, 5) is 8.86. The Labute approximate surface area is 99.6 Å². The van der Waals surface area contributed by atoms with Crippen molar-refractivity contribution in [2.24, 2.45) is 0 Å². The predicted octanol–water partition coefficient (Wildman–Crippen LogP) is 2.34. The first-order valence-corrected chi connectivity index (χ1v) is 5.77. The summed E-state index contributed by atoms with van der Waals surface area (Å²) >= 11 is 0. The molecule has 0 fully saturated rings. The quantitative estimate of drug-likeness (QED) is 0.771. The van der Waals surface area contributed by atoms with Crippen molar-refractivity contribution in [3.8, 4) is 0 Å². The molecule has 1 aromatic carbocycles. The largest absolute Gasteiger partial charge is 0.381 e. The van der Waals surface area contributed by atoms with E-state index < -0.39 is 0 Å². The molecule has 0 aliphatic heterocycles. The van der Waals surface area contributed by atoms with E-state index in [9.17, 15) is 0 Å². The molecular formula is C13H14N4. The Hall–Kier alpha value is -2.10. The van der Waals surface area contributed by atoms with Crippen molar-refractivity contribution < 1.29 is 0 Å². The number of nitrogens with two attached hydrogens (primary N) is 1. The van der Waals surface area contributed by atoms with E-state index in [2.05, 4.69) is 27.4 Å². The fourth-order valence-electron chi connectivity index (χ4n) is 2.05. The molecule has 1 aliphatic carbocycles. The molecule has 4 heteroatoms. The zero-order valence-electron chi connectivity index (χ0n) is 9.43. The molecule has 0 unspecified atom stereocenters. The van der Waals surface area contributed by atoms with Crippen LogP contribution in [0, 0.1) is 0 Å². The maximum absolute atomic E-state index is 5.91. The summed E-state index contributed by atoms with van der Waals surface area (Å²) in [6.45, 7) is 0. The van der Waals surface area contributed by atoms with Gasteiger partial charge in [-0.05, 0) is 25.0 Å². The number of nitrogen functional groups attached to an aromatic ring is 1. The molecule has 2 aromatic rings. The number of para-hydroxylation sites is 2. The first-order chi connectivity index (χ1) is 8.33. The van der Waals surface area contributed by atoms with Gasteiger partial charge in [0.2, 0.25) is 0 Å². The lowest BCUT2D eigenvalue weighted by Gasteiger charge is -2.14. The molecule has 0 bridgehead atoms. The van der Waals surface area contributed by atoms with E-state index in [1.165, 1.54) is 0 Å². The summed E-state index contributed by atoms with van der Waals surface area (Å²) < 4.78 is 0. The monoisotopic (exact) mass is 226 g/mol. The molecule has 4 nitrogen and oxygen atoms in total. The molecule has 0 saturated carbocycles. The van der Waals surface area contributed by atoms with Gasteiger partial charge >= 0.3 is 0 Å².